The molecule has 3 fully saturated rings. The van der Waals surface area contributed by atoms with Gasteiger partial charge in [-0.25, -0.2) is 4.79 Å². The van der Waals surface area contributed by atoms with Crippen molar-refractivity contribution in [3.63, 3.8) is 0 Å². The molecule has 12 nitrogen and oxygen atoms in total. The van der Waals surface area contributed by atoms with Gasteiger partial charge in [0.1, 0.15) is 24.5 Å². The van der Waals surface area contributed by atoms with Crippen LogP contribution in [-0.4, -0.2) is 118 Å². The fourth-order valence-corrected chi connectivity index (χ4v) is 6.50. The van der Waals surface area contributed by atoms with Crippen LogP contribution in [0.4, 0.5) is 0 Å². The van der Waals surface area contributed by atoms with E-state index in [0.29, 0.717) is 6.42 Å². The van der Waals surface area contributed by atoms with Crippen molar-refractivity contribution < 1.29 is 54.0 Å². The molecule has 0 saturated carbocycles. The van der Waals surface area contributed by atoms with Crippen molar-refractivity contribution in [2.45, 2.75) is 160 Å². The lowest BCUT2D eigenvalue weighted by Crippen LogP contribution is -2.64. The summed E-state index contributed by atoms with van der Waals surface area (Å²) in [6.45, 7) is 15.5. The van der Waals surface area contributed by atoms with E-state index in [-0.39, 0.29) is 31.3 Å². The fourth-order valence-electron chi connectivity index (χ4n) is 6.50. The Balaban J connectivity index is 1.92. The van der Waals surface area contributed by atoms with Gasteiger partial charge in [-0.15, -0.1) is 0 Å². The number of aliphatic hydroxyl groups excluding tert-OH is 4. The van der Waals surface area contributed by atoms with Crippen LogP contribution in [0.5, 0.6) is 0 Å². The first-order chi connectivity index (χ1) is 21.2. The van der Waals surface area contributed by atoms with Crippen molar-refractivity contribution in [1.29, 1.82) is 0 Å². The average molecular weight is 646 g/mol. The number of aliphatic carboxylic acids is 1. The van der Waals surface area contributed by atoms with Gasteiger partial charge in [-0.3, -0.25) is 5.32 Å². The molecule has 3 saturated heterocycles. The molecule has 6 N–H and O–H groups in total. The van der Waals surface area contributed by atoms with Crippen molar-refractivity contribution >= 4 is 5.97 Å². The minimum atomic E-state index is -1.67. The zero-order valence-corrected chi connectivity index (χ0v) is 28.3. The van der Waals surface area contributed by atoms with E-state index in [9.17, 15) is 30.3 Å². The van der Waals surface area contributed by atoms with Gasteiger partial charge in [0.15, 0.2) is 12.4 Å². The highest BCUT2D eigenvalue weighted by atomic mass is 16.7. The number of hydrogen-bond acceptors (Lipinski definition) is 11. The van der Waals surface area contributed by atoms with Crippen LogP contribution >= 0.6 is 0 Å². The summed E-state index contributed by atoms with van der Waals surface area (Å²) < 4.78 is 30.4. The number of aliphatic hydroxyl groups is 4. The molecule has 10 unspecified atom stereocenters. The van der Waals surface area contributed by atoms with Crippen molar-refractivity contribution in [3.8, 4) is 0 Å². The summed E-state index contributed by atoms with van der Waals surface area (Å²) in [6.07, 6.45) is -3.52. The first-order valence-corrected chi connectivity index (χ1v) is 16.7. The molecule has 45 heavy (non-hydrogen) atoms. The van der Waals surface area contributed by atoms with Crippen molar-refractivity contribution in [1.82, 2.24) is 5.32 Å². The molecule has 3 aliphatic heterocycles. The molecule has 0 aliphatic carbocycles. The number of epoxide rings is 1. The topological polar surface area (TPSA) is 180 Å². The monoisotopic (exact) mass is 645 g/mol. The fraction of sp³-hybridized carbons (Fsp3) is 0.909. The lowest BCUT2D eigenvalue weighted by atomic mass is 9.75. The van der Waals surface area contributed by atoms with E-state index < -0.39 is 84.6 Å². The van der Waals surface area contributed by atoms with Crippen LogP contribution in [0.15, 0.2) is 12.2 Å². The lowest BCUT2D eigenvalue weighted by molar-refractivity contribution is -0.331. The van der Waals surface area contributed by atoms with Gasteiger partial charge in [0, 0.05) is 17.4 Å². The van der Waals surface area contributed by atoms with E-state index in [1.54, 1.807) is 0 Å². The number of hydrogen-bond donors (Lipinski definition) is 6. The summed E-state index contributed by atoms with van der Waals surface area (Å²) >= 11 is 0. The molecule has 3 heterocycles. The number of allylic oxidation sites excluding steroid dienone is 1. The largest absolute Gasteiger partial charge is 0.479 e. The van der Waals surface area contributed by atoms with Gasteiger partial charge in [0.05, 0.1) is 43.2 Å². The van der Waals surface area contributed by atoms with E-state index >= 15 is 0 Å². The molecular formula is C33H59NO11. The van der Waals surface area contributed by atoms with E-state index in [0.717, 1.165) is 19.3 Å². The third-order valence-corrected chi connectivity index (χ3v) is 10.2. The van der Waals surface area contributed by atoms with E-state index in [1.807, 2.05) is 47.6 Å². The number of nitrogens with one attached hydrogen (secondary N) is 1. The van der Waals surface area contributed by atoms with Crippen LogP contribution in [0.1, 0.15) is 87.5 Å². The molecule has 0 aromatic carbocycles. The number of unbranched alkanes of at least 4 members (excludes halogenated alkanes) is 1. The van der Waals surface area contributed by atoms with Crippen LogP contribution < -0.4 is 5.32 Å². The van der Waals surface area contributed by atoms with Crippen LogP contribution in [0.2, 0.25) is 0 Å². The molecule has 0 bridgehead atoms. The molecule has 0 aromatic heterocycles. The Morgan fingerprint density at radius 3 is 2.29 bits per heavy atom. The van der Waals surface area contributed by atoms with Crippen molar-refractivity contribution in [3.05, 3.63) is 12.2 Å². The third kappa shape index (κ3) is 9.04. The Kier molecular flexibility index (Phi) is 13.8. The zero-order chi connectivity index (χ0) is 33.7. The van der Waals surface area contributed by atoms with Gasteiger partial charge >= 0.3 is 5.97 Å². The van der Waals surface area contributed by atoms with Crippen LogP contribution in [0, 0.1) is 17.3 Å². The van der Waals surface area contributed by atoms with E-state index in [4.69, 9.17) is 23.7 Å². The van der Waals surface area contributed by atoms with E-state index in [2.05, 4.69) is 25.2 Å². The SMILES string of the molecule is C/C=C\C(C)(CC)[C@@H]1OCC(CO)[C@@H](O)C(O[C@@H]2OC(C(=O)O)[C@@H](OC(C)(CCCC)C(C)C)C(O)C2O)CC1NC1OC1C. The second kappa shape index (κ2) is 16.3. The normalized spacial score (nSPS) is 40.5. The number of carboxylic acids is 1. The molecule has 3 rings (SSSR count). The smallest absolute Gasteiger partial charge is 0.335 e. The Hall–Kier alpha value is -1.19. The molecule has 0 aromatic rings. The first kappa shape index (κ1) is 38.3. The molecule has 0 amide bonds. The van der Waals surface area contributed by atoms with Crippen LogP contribution in [-0.2, 0) is 28.5 Å². The number of carboxylic acid groups (broad SMARTS) is 1. The van der Waals surface area contributed by atoms with Gasteiger partial charge in [0.25, 0.3) is 0 Å². The lowest BCUT2D eigenvalue weighted by Gasteiger charge is -2.48. The maximum absolute atomic E-state index is 12.5. The third-order valence-electron chi connectivity index (χ3n) is 10.2. The van der Waals surface area contributed by atoms with E-state index in [1.165, 1.54) is 0 Å². The Bertz CT molecular complexity index is 967. The highest BCUT2D eigenvalue weighted by molar-refractivity contribution is 5.73. The summed E-state index contributed by atoms with van der Waals surface area (Å²) in [4.78, 5) is 12.5. The molecule has 3 aliphatic rings. The second-order valence-corrected chi connectivity index (χ2v) is 13.9. The maximum atomic E-state index is 12.5. The standard InChI is InChI=1S/C33H59NO11/c1-9-12-14-33(8,18(4)5)45-26-24(37)25(38)31(44-27(26)30(39)40)43-22-15-21(34-29-19(6)42-29)28(32(7,11-3)13-10-2)41-17-20(16-35)23(22)36/h10,13,18-29,31,34-38H,9,11-12,14-17H2,1-8H3,(H,39,40)/b13-10-/t19?,20?,21?,22?,23-,24?,25?,26+,27?,28-,29?,31-,32?,33?/m1/s1. The Morgan fingerprint density at radius 2 is 1.78 bits per heavy atom. The van der Waals surface area contributed by atoms with Gasteiger partial charge in [0.2, 0.25) is 0 Å². The average Bonchev–Trinajstić information content (AvgIpc) is 3.69. The number of carbonyl (C=O) groups is 1. The zero-order valence-electron chi connectivity index (χ0n) is 28.3. The second-order valence-electron chi connectivity index (χ2n) is 13.9. The summed E-state index contributed by atoms with van der Waals surface area (Å²) in [5, 5.41) is 57.8. The Labute approximate surface area is 268 Å². The minimum Gasteiger partial charge on any atom is -0.479 e. The quantitative estimate of drug-likeness (QED) is 0.113. The highest BCUT2D eigenvalue weighted by Gasteiger charge is 2.53. The van der Waals surface area contributed by atoms with Crippen LogP contribution in [0.25, 0.3) is 0 Å². The number of rotatable bonds is 15. The van der Waals surface area contributed by atoms with Gasteiger partial charge < -0.3 is 49.2 Å². The molecule has 14 atom stereocenters. The summed E-state index contributed by atoms with van der Waals surface area (Å²) in [6, 6.07) is -0.400. The Morgan fingerprint density at radius 1 is 1.11 bits per heavy atom. The van der Waals surface area contributed by atoms with Crippen molar-refractivity contribution in [2.75, 3.05) is 13.2 Å². The van der Waals surface area contributed by atoms with Crippen molar-refractivity contribution in [2.24, 2.45) is 17.3 Å². The molecule has 262 valence electrons. The molecule has 12 heteroatoms. The minimum absolute atomic E-state index is 0.00794. The highest BCUT2D eigenvalue weighted by Crippen LogP contribution is 2.39. The predicted octanol–water partition coefficient (Wildman–Crippen LogP) is 2.35. The van der Waals surface area contributed by atoms with Gasteiger partial charge in [-0.05, 0) is 46.0 Å². The maximum Gasteiger partial charge on any atom is 0.335 e. The van der Waals surface area contributed by atoms with Crippen LogP contribution in [0.3, 0.4) is 0 Å². The first-order valence-electron chi connectivity index (χ1n) is 16.7. The summed E-state index contributed by atoms with van der Waals surface area (Å²) in [7, 11) is 0. The van der Waals surface area contributed by atoms with Gasteiger partial charge in [-0.1, -0.05) is 59.6 Å². The molecule has 0 spiro atoms. The molecule has 0 radical (unpaired) electrons. The number of ether oxygens (including phenoxy) is 5. The summed E-state index contributed by atoms with van der Waals surface area (Å²) in [5.41, 5.74) is -1.20. The summed E-state index contributed by atoms with van der Waals surface area (Å²) in [5.74, 6) is -2.11. The van der Waals surface area contributed by atoms with Gasteiger partial charge in [-0.2, -0.15) is 0 Å². The predicted molar refractivity (Wildman–Crippen MR) is 166 cm³/mol. The molecular weight excluding hydrogens is 586 g/mol.